The van der Waals surface area contributed by atoms with Gasteiger partial charge in [0.1, 0.15) is 0 Å². The first-order valence-electron chi connectivity index (χ1n) is 6.56. The molecule has 0 radical (unpaired) electrons. The highest BCUT2D eigenvalue weighted by atomic mass is 35.5. The van der Waals surface area contributed by atoms with E-state index in [0.717, 1.165) is 19.3 Å². The van der Waals surface area contributed by atoms with E-state index in [1.165, 1.54) is 18.2 Å². The molecule has 1 amide bonds. The summed E-state index contributed by atoms with van der Waals surface area (Å²) in [6, 6.07) is 4.24. The molecule has 4 N–H and O–H groups in total. The molecule has 1 saturated carbocycles. The van der Waals surface area contributed by atoms with Crippen LogP contribution in [0.1, 0.15) is 29.6 Å². The zero-order chi connectivity index (χ0) is 14.7. The Hall–Kier alpha value is -1.59. The molecule has 1 aliphatic carbocycles. The van der Waals surface area contributed by atoms with Crippen LogP contribution in [0.2, 0.25) is 5.02 Å². The molecule has 0 saturated heterocycles. The van der Waals surface area contributed by atoms with E-state index in [1.807, 2.05) is 0 Å². The zero-order valence-electron chi connectivity index (χ0n) is 10.9. The number of anilines is 1. The van der Waals surface area contributed by atoms with Gasteiger partial charge in [-0.1, -0.05) is 18.0 Å². The summed E-state index contributed by atoms with van der Waals surface area (Å²) in [6.07, 6.45) is 2.75. The Balaban J connectivity index is 2.15. The van der Waals surface area contributed by atoms with Crippen LogP contribution >= 0.6 is 11.6 Å². The molecule has 0 heterocycles. The fraction of sp³-hybridized carbons (Fsp3) is 0.429. The van der Waals surface area contributed by atoms with Gasteiger partial charge in [-0.3, -0.25) is 4.79 Å². The molecule has 2 rings (SSSR count). The lowest BCUT2D eigenvalue weighted by molar-refractivity contribution is -0.120. The van der Waals surface area contributed by atoms with Crippen molar-refractivity contribution < 1.29 is 14.7 Å². The molecule has 5 nitrogen and oxygen atoms in total. The minimum Gasteiger partial charge on any atom is -0.478 e. The zero-order valence-corrected chi connectivity index (χ0v) is 11.7. The number of carboxylic acids is 1. The van der Waals surface area contributed by atoms with Crippen LogP contribution in [0.15, 0.2) is 18.2 Å². The summed E-state index contributed by atoms with van der Waals surface area (Å²) in [4.78, 5) is 23.2. The Morgan fingerprint density at radius 1 is 1.40 bits per heavy atom. The molecule has 1 fully saturated rings. The molecule has 1 aromatic carbocycles. The van der Waals surface area contributed by atoms with Crippen LogP contribution in [0.5, 0.6) is 0 Å². The van der Waals surface area contributed by atoms with Crippen molar-refractivity contribution in [1.82, 2.24) is 0 Å². The van der Waals surface area contributed by atoms with E-state index in [2.05, 4.69) is 5.32 Å². The standard InChI is InChI=1S/C14H17ClN2O3/c15-11-5-4-8(14(19)20)6-12(11)17-13(18)10-3-1-2-9(10)7-16/h4-6,9-10H,1-3,7,16H2,(H,17,18)(H,19,20). The minimum atomic E-state index is -1.06. The van der Waals surface area contributed by atoms with E-state index in [4.69, 9.17) is 22.4 Å². The van der Waals surface area contributed by atoms with Gasteiger partial charge in [0, 0.05) is 5.92 Å². The normalized spacial score (nSPS) is 21.7. The molecule has 20 heavy (non-hydrogen) atoms. The number of benzene rings is 1. The number of nitrogens with one attached hydrogen (secondary N) is 1. The summed E-state index contributed by atoms with van der Waals surface area (Å²) in [5.74, 6) is -1.12. The summed E-state index contributed by atoms with van der Waals surface area (Å²) in [5.41, 5.74) is 6.09. The van der Waals surface area contributed by atoms with Crippen molar-refractivity contribution in [1.29, 1.82) is 0 Å². The minimum absolute atomic E-state index is 0.0893. The second kappa shape index (κ2) is 6.24. The van der Waals surface area contributed by atoms with Crippen LogP contribution in [0.4, 0.5) is 5.69 Å². The molecule has 0 bridgehead atoms. The molecule has 0 aromatic heterocycles. The molecule has 0 aliphatic heterocycles. The van der Waals surface area contributed by atoms with Crippen molar-refractivity contribution in [3.8, 4) is 0 Å². The Kier molecular flexibility index (Phi) is 4.62. The average molecular weight is 297 g/mol. The third-order valence-electron chi connectivity index (χ3n) is 3.77. The lowest BCUT2D eigenvalue weighted by Gasteiger charge is -2.18. The van der Waals surface area contributed by atoms with E-state index in [0.29, 0.717) is 17.3 Å². The van der Waals surface area contributed by atoms with Crippen LogP contribution in [0, 0.1) is 11.8 Å². The van der Waals surface area contributed by atoms with Gasteiger partial charge in [-0.25, -0.2) is 4.79 Å². The third kappa shape index (κ3) is 3.11. The fourth-order valence-corrected chi connectivity index (χ4v) is 2.81. The van der Waals surface area contributed by atoms with E-state index < -0.39 is 5.97 Å². The molecule has 1 aliphatic rings. The topological polar surface area (TPSA) is 92.4 Å². The van der Waals surface area contributed by atoms with E-state index in [9.17, 15) is 9.59 Å². The van der Waals surface area contributed by atoms with Crippen molar-refractivity contribution in [2.24, 2.45) is 17.6 Å². The largest absolute Gasteiger partial charge is 0.478 e. The third-order valence-corrected chi connectivity index (χ3v) is 4.10. The fourth-order valence-electron chi connectivity index (χ4n) is 2.64. The number of hydrogen-bond acceptors (Lipinski definition) is 3. The number of hydrogen-bond donors (Lipinski definition) is 3. The van der Waals surface area contributed by atoms with Gasteiger partial charge in [0.15, 0.2) is 0 Å². The number of rotatable bonds is 4. The summed E-state index contributed by atoms with van der Waals surface area (Å²) in [7, 11) is 0. The number of amides is 1. The average Bonchev–Trinajstić information content (AvgIpc) is 2.89. The van der Waals surface area contributed by atoms with Gasteiger partial charge in [-0.05, 0) is 43.5 Å². The summed E-state index contributed by atoms with van der Waals surface area (Å²) in [6.45, 7) is 0.487. The molecule has 6 heteroatoms. The number of aromatic carboxylic acids is 1. The Morgan fingerprint density at radius 2 is 2.15 bits per heavy atom. The predicted molar refractivity (Wildman–Crippen MR) is 76.9 cm³/mol. The van der Waals surface area contributed by atoms with E-state index >= 15 is 0 Å². The maximum Gasteiger partial charge on any atom is 0.335 e. The molecular formula is C14H17ClN2O3. The van der Waals surface area contributed by atoms with Crippen molar-refractivity contribution in [2.75, 3.05) is 11.9 Å². The van der Waals surface area contributed by atoms with Crippen molar-refractivity contribution >= 4 is 29.2 Å². The van der Waals surface area contributed by atoms with Gasteiger partial charge in [0.05, 0.1) is 16.3 Å². The summed E-state index contributed by atoms with van der Waals surface area (Å²) < 4.78 is 0. The molecule has 2 unspecified atom stereocenters. The Morgan fingerprint density at radius 3 is 2.80 bits per heavy atom. The van der Waals surface area contributed by atoms with Crippen LogP contribution in [0.25, 0.3) is 0 Å². The molecule has 2 atom stereocenters. The van der Waals surface area contributed by atoms with Gasteiger partial charge >= 0.3 is 5.97 Å². The van der Waals surface area contributed by atoms with Crippen molar-refractivity contribution in [3.05, 3.63) is 28.8 Å². The molecular weight excluding hydrogens is 280 g/mol. The Labute approximate surface area is 122 Å². The van der Waals surface area contributed by atoms with Gasteiger partial charge < -0.3 is 16.2 Å². The van der Waals surface area contributed by atoms with E-state index in [-0.39, 0.29) is 23.3 Å². The van der Waals surface area contributed by atoms with Crippen molar-refractivity contribution in [2.45, 2.75) is 19.3 Å². The van der Waals surface area contributed by atoms with Crippen LogP contribution in [-0.4, -0.2) is 23.5 Å². The van der Waals surface area contributed by atoms with Gasteiger partial charge in [0.2, 0.25) is 5.91 Å². The SMILES string of the molecule is NCC1CCCC1C(=O)Nc1cc(C(=O)O)ccc1Cl. The molecule has 1 aromatic rings. The highest BCUT2D eigenvalue weighted by Crippen LogP contribution is 2.33. The van der Waals surface area contributed by atoms with E-state index in [1.54, 1.807) is 0 Å². The first-order chi connectivity index (χ1) is 9.52. The predicted octanol–water partition coefficient (Wildman–Crippen LogP) is 2.35. The lowest BCUT2D eigenvalue weighted by Crippen LogP contribution is -2.29. The van der Waals surface area contributed by atoms with Gasteiger partial charge in [-0.2, -0.15) is 0 Å². The smallest absolute Gasteiger partial charge is 0.335 e. The van der Waals surface area contributed by atoms with Crippen LogP contribution in [-0.2, 0) is 4.79 Å². The first-order valence-corrected chi connectivity index (χ1v) is 6.94. The highest BCUT2D eigenvalue weighted by molar-refractivity contribution is 6.33. The lowest BCUT2D eigenvalue weighted by atomic mass is 9.95. The highest BCUT2D eigenvalue weighted by Gasteiger charge is 2.32. The number of carboxylic acid groups (broad SMARTS) is 1. The number of nitrogens with two attached hydrogens (primary N) is 1. The van der Waals surface area contributed by atoms with Gasteiger partial charge in [0.25, 0.3) is 0 Å². The van der Waals surface area contributed by atoms with Crippen molar-refractivity contribution in [3.63, 3.8) is 0 Å². The number of carbonyl (C=O) groups excluding carboxylic acids is 1. The second-order valence-electron chi connectivity index (χ2n) is 5.02. The molecule has 0 spiro atoms. The monoisotopic (exact) mass is 296 g/mol. The summed E-state index contributed by atoms with van der Waals surface area (Å²) >= 11 is 5.99. The van der Waals surface area contributed by atoms with Crippen LogP contribution < -0.4 is 11.1 Å². The first kappa shape index (κ1) is 14.8. The number of halogens is 1. The second-order valence-corrected chi connectivity index (χ2v) is 5.43. The maximum absolute atomic E-state index is 12.2. The summed E-state index contributed by atoms with van der Waals surface area (Å²) in [5, 5.41) is 12.0. The number of carbonyl (C=O) groups is 2. The Bertz CT molecular complexity index is 533. The quantitative estimate of drug-likeness (QED) is 0.795. The molecule has 108 valence electrons. The van der Waals surface area contributed by atoms with Gasteiger partial charge in [-0.15, -0.1) is 0 Å². The maximum atomic E-state index is 12.2. The van der Waals surface area contributed by atoms with Crippen LogP contribution in [0.3, 0.4) is 0 Å².